The summed E-state index contributed by atoms with van der Waals surface area (Å²) in [4.78, 5) is 1.89. The molecule has 0 spiro atoms. The van der Waals surface area contributed by atoms with Gasteiger partial charge in [0.05, 0.1) is 11.4 Å². The summed E-state index contributed by atoms with van der Waals surface area (Å²) in [5.41, 5.74) is 2.72. The topological polar surface area (TPSA) is 77.8 Å². The molecule has 0 fully saturated rings. The van der Waals surface area contributed by atoms with E-state index in [1.807, 2.05) is 24.0 Å². The van der Waals surface area contributed by atoms with Crippen LogP contribution in [-0.4, -0.2) is 30.4 Å². The largest absolute Gasteiger partial charge is 0.506 e. The summed E-state index contributed by atoms with van der Waals surface area (Å²) in [5.74, 6) is -0.0866. The van der Waals surface area contributed by atoms with Gasteiger partial charge in [-0.1, -0.05) is 18.2 Å². The van der Waals surface area contributed by atoms with Crippen molar-refractivity contribution in [2.75, 3.05) is 17.2 Å². The Balaban J connectivity index is 2.20. The minimum absolute atomic E-state index is 0.191. The first-order valence-corrected chi connectivity index (χ1v) is 7.70. The highest BCUT2D eigenvalue weighted by molar-refractivity contribution is 7.85. The molecule has 0 saturated carbocycles. The molecule has 19 heavy (non-hydrogen) atoms. The fraction of sp³-hybridized carbons (Fsp3) is 0.385. The second-order valence-electron chi connectivity index (χ2n) is 4.63. The van der Waals surface area contributed by atoms with Gasteiger partial charge in [0.1, 0.15) is 5.75 Å². The van der Waals surface area contributed by atoms with Gasteiger partial charge in [-0.05, 0) is 31.4 Å². The molecule has 1 aliphatic heterocycles. The number of para-hydroxylation sites is 1. The molecule has 2 rings (SSSR count). The lowest BCUT2D eigenvalue weighted by Crippen LogP contribution is -2.27. The average molecular weight is 283 g/mol. The van der Waals surface area contributed by atoms with Crippen molar-refractivity contribution in [3.63, 3.8) is 0 Å². The molecule has 6 heteroatoms. The second kappa shape index (κ2) is 5.22. The van der Waals surface area contributed by atoms with Crippen LogP contribution in [0.1, 0.15) is 18.9 Å². The lowest BCUT2D eigenvalue weighted by atomic mass is 10.0. The van der Waals surface area contributed by atoms with Gasteiger partial charge in [0.15, 0.2) is 0 Å². The molecule has 0 aromatic heterocycles. The van der Waals surface area contributed by atoms with Crippen LogP contribution in [0, 0.1) is 0 Å². The minimum Gasteiger partial charge on any atom is -0.506 e. The van der Waals surface area contributed by atoms with Crippen molar-refractivity contribution in [2.24, 2.45) is 0 Å². The van der Waals surface area contributed by atoms with Crippen molar-refractivity contribution in [2.45, 2.75) is 19.8 Å². The highest BCUT2D eigenvalue weighted by Crippen LogP contribution is 2.37. The molecule has 0 amide bonds. The molecule has 0 atom stereocenters. The Bertz CT molecular complexity index is 607. The maximum absolute atomic E-state index is 10.7. The third kappa shape index (κ3) is 3.27. The molecule has 0 radical (unpaired) electrons. The van der Waals surface area contributed by atoms with E-state index in [0.29, 0.717) is 13.0 Å². The Kier molecular flexibility index (Phi) is 3.82. The Morgan fingerprint density at radius 3 is 2.79 bits per heavy atom. The van der Waals surface area contributed by atoms with Gasteiger partial charge >= 0.3 is 0 Å². The normalized spacial score (nSPS) is 15.1. The Morgan fingerprint density at radius 1 is 1.37 bits per heavy atom. The number of phenolic OH excluding ortho intramolecular Hbond substituents is 1. The van der Waals surface area contributed by atoms with Crippen LogP contribution in [0.15, 0.2) is 30.0 Å². The highest BCUT2D eigenvalue weighted by Gasteiger charge is 2.20. The van der Waals surface area contributed by atoms with E-state index in [2.05, 4.69) is 0 Å². The number of rotatable bonds is 4. The van der Waals surface area contributed by atoms with Gasteiger partial charge in [-0.25, -0.2) is 0 Å². The summed E-state index contributed by atoms with van der Waals surface area (Å²) in [7, 11) is -3.94. The molecule has 1 heterocycles. The summed E-state index contributed by atoms with van der Waals surface area (Å²) >= 11 is 0. The number of fused-ring (bicyclic) bond motifs is 1. The Hall–Kier alpha value is -1.53. The fourth-order valence-corrected chi connectivity index (χ4v) is 2.79. The van der Waals surface area contributed by atoms with Crippen LogP contribution in [0.3, 0.4) is 0 Å². The summed E-state index contributed by atoms with van der Waals surface area (Å²) < 4.78 is 30.2. The number of phenols is 1. The second-order valence-corrected chi connectivity index (χ2v) is 6.20. The molecule has 5 nitrogen and oxygen atoms in total. The summed E-state index contributed by atoms with van der Waals surface area (Å²) in [6, 6.07) is 5.35. The quantitative estimate of drug-likeness (QED) is 0.826. The van der Waals surface area contributed by atoms with E-state index in [4.69, 9.17) is 4.55 Å². The molecule has 1 aromatic rings. The van der Waals surface area contributed by atoms with Gasteiger partial charge in [0, 0.05) is 12.2 Å². The van der Waals surface area contributed by atoms with E-state index in [1.165, 1.54) is 0 Å². The number of hydrogen-bond donors (Lipinski definition) is 2. The fourth-order valence-electron chi connectivity index (χ4n) is 2.29. The Labute approximate surface area is 112 Å². The van der Waals surface area contributed by atoms with Crippen LogP contribution >= 0.6 is 0 Å². The van der Waals surface area contributed by atoms with Crippen LogP contribution < -0.4 is 4.90 Å². The number of benzene rings is 1. The predicted molar refractivity (Wildman–Crippen MR) is 73.9 cm³/mol. The monoisotopic (exact) mass is 283 g/mol. The van der Waals surface area contributed by atoms with Gasteiger partial charge in [-0.3, -0.25) is 4.55 Å². The zero-order chi connectivity index (χ0) is 14.0. The standard InChI is InChI=1S/C13H17NO4S/c1-10-6-7-11-4-2-5-12(15)13(11)14(10)8-3-9-19(16,17)18/h2,4-6,15H,3,7-9H2,1H3,(H,16,17,18). The SMILES string of the molecule is CC1=CCc2cccc(O)c2N1CCCS(=O)(=O)O. The lowest BCUT2D eigenvalue weighted by Gasteiger charge is -2.31. The molecular weight excluding hydrogens is 266 g/mol. The van der Waals surface area contributed by atoms with E-state index in [1.54, 1.807) is 12.1 Å². The van der Waals surface area contributed by atoms with Crippen LogP contribution in [0.2, 0.25) is 0 Å². The lowest BCUT2D eigenvalue weighted by molar-refractivity contribution is 0.473. The molecule has 0 unspecified atom stereocenters. The molecular formula is C13H17NO4S. The van der Waals surface area contributed by atoms with Crippen LogP contribution in [-0.2, 0) is 16.5 Å². The van der Waals surface area contributed by atoms with Crippen LogP contribution in [0.4, 0.5) is 5.69 Å². The van der Waals surface area contributed by atoms with Crippen LogP contribution in [0.5, 0.6) is 5.75 Å². The molecule has 1 aromatic carbocycles. The van der Waals surface area contributed by atoms with Crippen molar-refractivity contribution in [1.29, 1.82) is 0 Å². The zero-order valence-corrected chi connectivity index (χ0v) is 11.5. The van der Waals surface area contributed by atoms with Crippen molar-refractivity contribution in [3.8, 4) is 5.75 Å². The van der Waals surface area contributed by atoms with Crippen molar-refractivity contribution in [1.82, 2.24) is 0 Å². The Morgan fingerprint density at radius 2 is 2.11 bits per heavy atom. The van der Waals surface area contributed by atoms with E-state index < -0.39 is 10.1 Å². The minimum atomic E-state index is -3.94. The van der Waals surface area contributed by atoms with Gasteiger partial charge in [0.25, 0.3) is 10.1 Å². The first-order valence-electron chi connectivity index (χ1n) is 6.09. The van der Waals surface area contributed by atoms with Gasteiger partial charge in [-0.15, -0.1) is 0 Å². The van der Waals surface area contributed by atoms with Crippen molar-refractivity contribution < 1.29 is 18.1 Å². The third-order valence-electron chi connectivity index (χ3n) is 3.20. The van der Waals surface area contributed by atoms with E-state index >= 15 is 0 Å². The maximum Gasteiger partial charge on any atom is 0.264 e. The average Bonchev–Trinajstić information content (AvgIpc) is 2.31. The number of aromatic hydroxyl groups is 1. The highest BCUT2D eigenvalue weighted by atomic mass is 32.2. The maximum atomic E-state index is 10.7. The predicted octanol–water partition coefficient (Wildman–Crippen LogP) is 1.94. The summed E-state index contributed by atoms with van der Waals surface area (Å²) in [5, 5.41) is 9.97. The van der Waals surface area contributed by atoms with Crippen molar-refractivity contribution in [3.05, 3.63) is 35.5 Å². The number of anilines is 1. The smallest absolute Gasteiger partial charge is 0.264 e. The molecule has 1 aliphatic rings. The van der Waals surface area contributed by atoms with E-state index in [-0.39, 0.29) is 11.5 Å². The number of nitrogens with zero attached hydrogens (tertiary/aromatic N) is 1. The van der Waals surface area contributed by atoms with Gasteiger partial charge < -0.3 is 10.0 Å². The molecule has 0 bridgehead atoms. The first-order chi connectivity index (χ1) is 8.88. The third-order valence-corrected chi connectivity index (χ3v) is 4.00. The van der Waals surface area contributed by atoms with E-state index in [0.717, 1.165) is 23.4 Å². The summed E-state index contributed by atoms with van der Waals surface area (Å²) in [6.45, 7) is 2.36. The summed E-state index contributed by atoms with van der Waals surface area (Å²) in [6.07, 6.45) is 3.09. The van der Waals surface area contributed by atoms with Gasteiger partial charge in [0.2, 0.25) is 0 Å². The molecule has 0 saturated heterocycles. The van der Waals surface area contributed by atoms with Gasteiger partial charge in [-0.2, -0.15) is 8.42 Å². The first kappa shape index (κ1) is 13.9. The van der Waals surface area contributed by atoms with E-state index in [9.17, 15) is 13.5 Å². The molecule has 2 N–H and O–H groups in total. The number of hydrogen-bond acceptors (Lipinski definition) is 4. The number of allylic oxidation sites excluding steroid dienone is 2. The molecule has 104 valence electrons. The molecule has 0 aliphatic carbocycles. The van der Waals surface area contributed by atoms with Crippen LogP contribution in [0.25, 0.3) is 0 Å². The van der Waals surface area contributed by atoms with Crippen molar-refractivity contribution >= 4 is 15.8 Å². The zero-order valence-electron chi connectivity index (χ0n) is 10.7.